The summed E-state index contributed by atoms with van der Waals surface area (Å²) in [6, 6.07) is -0.120. The average molecular weight is 358 g/mol. The van der Waals surface area contributed by atoms with Gasteiger partial charge in [0.25, 0.3) is 5.91 Å². The van der Waals surface area contributed by atoms with Gasteiger partial charge in [-0.25, -0.2) is 4.79 Å². The molecule has 8 nitrogen and oxygen atoms in total. The van der Waals surface area contributed by atoms with Crippen LogP contribution in [-0.4, -0.2) is 55.5 Å². The maximum Gasteiger partial charge on any atom is 0.338 e. The number of nitrogens with one attached hydrogen (secondary N) is 2. The predicted octanol–water partition coefficient (Wildman–Crippen LogP) is 0.881. The number of carbonyl (C=O) groups is 3. The van der Waals surface area contributed by atoms with Gasteiger partial charge in [-0.1, -0.05) is 19.8 Å². The normalized spacial score (nSPS) is 22.9. The third kappa shape index (κ3) is 6.99. The van der Waals surface area contributed by atoms with Crippen molar-refractivity contribution in [3.8, 4) is 0 Å². The minimum absolute atomic E-state index is 0.111. The van der Waals surface area contributed by atoms with Crippen LogP contribution in [-0.2, 0) is 28.6 Å². The van der Waals surface area contributed by atoms with E-state index in [0.29, 0.717) is 13.0 Å². The molecule has 1 saturated heterocycles. The number of rotatable bonds is 9. The molecule has 0 radical (unpaired) electrons. The van der Waals surface area contributed by atoms with Crippen LogP contribution in [0.1, 0.15) is 53.4 Å². The first-order chi connectivity index (χ1) is 11.7. The Morgan fingerprint density at radius 3 is 2.36 bits per heavy atom. The van der Waals surface area contributed by atoms with Crippen LogP contribution in [0.15, 0.2) is 0 Å². The first kappa shape index (κ1) is 21.4. The molecule has 144 valence electrons. The smallest absolute Gasteiger partial charge is 0.338 e. The number of hydrogen-bond acceptors (Lipinski definition) is 6. The number of amides is 2. The maximum atomic E-state index is 12.6. The van der Waals surface area contributed by atoms with Crippen LogP contribution in [0.5, 0.6) is 0 Å². The summed E-state index contributed by atoms with van der Waals surface area (Å²) in [5.74, 6) is -2.21. The van der Waals surface area contributed by atoms with E-state index in [4.69, 9.17) is 14.2 Å². The minimum atomic E-state index is -1.10. The molecule has 0 saturated carbocycles. The fourth-order valence-electron chi connectivity index (χ4n) is 2.69. The number of ether oxygens (including phenoxy) is 3. The lowest BCUT2D eigenvalue weighted by Gasteiger charge is -2.22. The van der Waals surface area contributed by atoms with E-state index >= 15 is 0 Å². The minimum Gasteiger partial charge on any atom is -0.467 e. The third-order valence-corrected chi connectivity index (χ3v) is 3.91. The lowest BCUT2D eigenvalue weighted by atomic mass is 10.1. The fraction of sp³-hybridized carbons (Fsp3) is 0.824. The molecule has 25 heavy (non-hydrogen) atoms. The van der Waals surface area contributed by atoms with Crippen LogP contribution >= 0.6 is 0 Å². The number of methoxy groups -OCH3 is 1. The Hall–Kier alpha value is -1.67. The average Bonchev–Trinajstić information content (AvgIpc) is 2.87. The van der Waals surface area contributed by atoms with Crippen molar-refractivity contribution in [3.05, 3.63) is 0 Å². The van der Waals surface area contributed by atoms with E-state index in [-0.39, 0.29) is 11.9 Å². The number of carbonyl (C=O) groups excluding carboxylic acids is 3. The van der Waals surface area contributed by atoms with Crippen LogP contribution in [0.3, 0.4) is 0 Å². The molecule has 1 aliphatic rings. The summed E-state index contributed by atoms with van der Waals surface area (Å²) in [5.41, 5.74) is 0. The molecule has 0 bridgehead atoms. The van der Waals surface area contributed by atoms with Gasteiger partial charge in [-0.05, 0) is 26.7 Å². The lowest BCUT2D eigenvalue weighted by Crippen LogP contribution is -2.48. The van der Waals surface area contributed by atoms with Crippen LogP contribution in [0.4, 0.5) is 0 Å². The van der Waals surface area contributed by atoms with Crippen LogP contribution in [0, 0.1) is 0 Å². The van der Waals surface area contributed by atoms with Gasteiger partial charge in [0.15, 0.2) is 18.0 Å². The van der Waals surface area contributed by atoms with E-state index in [1.165, 1.54) is 14.0 Å². The van der Waals surface area contributed by atoms with E-state index in [1.807, 2.05) is 0 Å². The highest BCUT2D eigenvalue weighted by atomic mass is 16.8. The standard InChI is InChI=1S/C17H30N2O6/c1-6-7-8-12(9-10-18-11(2)20)19-15(21)13-14(16(22)23-5)25-17(3,4)24-13/h12-14H,6-10H2,1-5H3,(H,18,20)(H,19,21). The van der Waals surface area contributed by atoms with Crippen LogP contribution in [0.2, 0.25) is 0 Å². The van der Waals surface area contributed by atoms with Gasteiger partial charge in [0.05, 0.1) is 7.11 Å². The Morgan fingerprint density at radius 2 is 1.80 bits per heavy atom. The first-order valence-corrected chi connectivity index (χ1v) is 8.68. The Morgan fingerprint density at radius 1 is 1.16 bits per heavy atom. The zero-order valence-electron chi connectivity index (χ0n) is 15.7. The van der Waals surface area contributed by atoms with Gasteiger partial charge in [-0.3, -0.25) is 9.59 Å². The molecule has 8 heteroatoms. The Bertz CT molecular complexity index is 480. The van der Waals surface area contributed by atoms with Gasteiger partial charge in [0.1, 0.15) is 0 Å². The maximum absolute atomic E-state index is 12.6. The molecule has 0 spiro atoms. The molecule has 1 aliphatic heterocycles. The van der Waals surface area contributed by atoms with Crippen molar-refractivity contribution < 1.29 is 28.6 Å². The zero-order valence-corrected chi connectivity index (χ0v) is 15.7. The second kappa shape index (κ2) is 9.72. The summed E-state index contributed by atoms with van der Waals surface area (Å²) in [6.07, 6.45) is 1.16. The highest BCUT2D eigenvalue weighted by Crippen LogP contribution is 2.29. The topological polar surface area (TPSA) is 103 Å². The highest BCUT2D eigenvalue weighted by molar-refractivity contribution is 5.89. The number of unbranched alkanes of at least 4 members (excludes halogenated alkanes) is 1. The molecule has 2 N–H and O–H groups in total. The molecule has 1 heterocycles. The first-order valence-electron chi connectivity index (χ1n) is 8.68. The Balaban J connectivity index is 2.72. The van der Waals surface area contributed by atoms with Gasteiger partial charge in [-0.15, -0.1) is 0 Å². The van der Waals surface area contributed by atoms with Gasteiger partial charge < -0.3 is 24.8 Å². The number of hydrogen-bond donors (Lipinski definition) is 2. The van der Waals surface area contributed by atoms with E-state index in [0.717, 1.165) is 19.3 Å². The molecule has 0 aromatic carbocycles. The van der Waals surface area contributed by atoms with Gasteiger partial charge >= 0.3 is 5.97 Å². The lowest BCUT2D eigenvalue weighted by molar-refractivity contribution is -0.168. The van der Waals surface area contributed by atoms with Gasteiger partial charge in [0.2, 0.25) is 5.91 Å². The Kier molecular flexibility index (Phi) is 8.31. The molecular weight excluding hydrogens is 328 g/mol. The van der Waals surface area contributed by atoms with E-state index in [9.17, 15) is 14.4 Å². The van der Waals surface area contributed by atoms with Crippen molar-refractivity contribution in [1.29, 1.82) is 0 Å². The SMILES string of the molecule is CCCCC(CCNC(C)=O)NC(=O)C1OC(C)(C)OC1C(=O)OC. The van der Waals surface area contributed by atoms with Crippen molar-refractivity contribution in [3.63, 3.8) is 0 Å². The Labute approximate surface area is 148 Å². The van der Waals surface area contributed by atoms with Gasteiger partial charge in [-0.2, -0.15) is 0 Å². The van der Waals surface area contributed by atoms with Crippen molar-refractivity contribution in [2.24, 2.45) is 0 Å². The molecule has 2 amide bonds. The second-order valence-corrected chi connectivity index (χ2v) is 6.62. The van der Waals surface area contributed by atoms with Crippen molar-refractivity contribution in [1.82, 2.24) is 10.6 Å². The summed E-state index contributed by atoms with van der Waals surface area (Å²) in [6.45, 7) is 7.27. The second-order valence-electron chi connectivity index (χ2n) is 6.62. The molecule has 0 aliphatic carbocycles. The molecule has 1 fully saturated rings. The highest BCUT2D eigenvalue weighted by Gasteiger charge is 2.49. The monoisotopic (exact) mass is 358 g/mol. The van der Waals surface area contributed by atoms with Crippen LogP contribution < -0.4 is 10.6 Å². The van der Waals surface area contributed by atoms with E-state index < -0.39 is 29.9 Å². The fourth-order valence-corrected chi connectivity index (χ4v) is 2.69. The molecule has 3 atom stereocenters. The zero-order chi connectivity index (χ0) is 19.0. The summed E-state index contributed by atoms with van der Waals surface area (Å²) in [5, 5.41) is 5.64. The molecule has 3 unspecified atom stereocenters. The molecule has 0 aromatic heterocycles. The third-order valence-electron chi connectivity index (χ3n) is 3.91. The predicted molar refractivity (Wildman–Crippen MR) is 90.6 cm³/mol. The number of esters is 1. The summed E-state index contributed by atoms with van der Waals surface area (Å²) < 4.78 is 15.8. The van der Waals surface area contributed by atoms with Crippen molar-refractivity contribution in [2.75, 3.05) is 13.7 Å². The van der Waals surface area contributed by atoms with Crippen molar-refractivity contribution in [2.45, 2.75) is 77.4 Å². The molecular formula is C17H30N2O6. The summed E-state index contributed by atoms with van der Waals surface area (Å²) >= 11 is 0. The summed E-state index contributed by atoms with van der Waals surface area (Å²) in [7, 11) is 1.24. The van der Waals surface area contributed by atoms with E-state index in [1.54, 1.807) is 13.8 Å². The quantitative estimate of drug-likeness (QED) is 0.593. The molecule has 1 rings (SSSR count). The van der Waals surface area contributed by atoms with Crippen LogP contribution in [0.25, 0.3) is 0 Å². The van der Waals surface area contributed by atoms with Gasteiger partial charge in [0, 0.05) is 19.5 Å². The van der Waals surface area contributed by atoms with Crippen molar-refractivity contribution >= 4 is 17.8 Å². The summed E-state index contributed by atoms with van der Waals surface area (Å²) in [4.78, 5) is 35.5. The largest absolute Gasteiger partial charge is 0.467 e. The van der Waals surface area contributed by atoms with E-state index in [2.05, 4.69) is 17.6 Å². The molecule has 0 aromatic rings.